The topological polar surface area (TPSA) is 61.2 Å². The summed E-state index contributed by atoms with van der Waals surface area (Å²) in [5.41, 5.74) is 1.68. The molecule has 1 unspecified atom stereocenters. The van der Waals surface area contributed by atoms with Crippen LogP contribution in [0.1, 0.15) is 37.6 Å². The summed E-state index contributed by atoms with van der Waals surface area (Å²) in [7, 11) is 0. The van der Waals surface area contributed by atoms with Gasteiger partial charge in [-0.2, -0.15) is 0 Å². The fraction of sp³-hybridized carbons (Fsp3) is 0.350. The summed E-state index contributed by atoms with van der Waals surface area (Å²) < 4.78 is 6.68. The molecule has 2 aromatic heterocycles. The van der Waals surface area contributed by atoms with Crippen LogP contribution < -0.4 is 5.56 Å². The van der Waals surface area contributed by atoms with Gasteiger partial charge in [0.1, 0.15) is 10.9 Å². The molecule has 0 radical (unpaired) electrons. The van der Waals surface area contributed by atoms with Crippen molar-refractivity contribution in [2.45, 2.75) is 39.7 Å². The van der Waals surface area contributed by atoms with Gasteiger partial charge >= 0.3 is 5.97 Å². The molecule has 0 aliphatic heterocycles. The van der Waals surface area contributed by atoms with Crippen molar-refractivity contribution < 1.29 is 9.53 Å². The predicted octanol–water partition coefficient (Wildman–Crippen LogP) is 4.34. The van der Waals surface area contributed by atoms with Crippen LogP contribution in [0, 0.1) is 6.92 Å². The molecule has 0 saturated carbocycles. The molecule has 2 heterocycles. The molecule has 0 spiro atoms. The van der Waals surface area contributed by atoms with Crippen molar-refractivity contribution in [2.24, 2.45) is 0 Å². The van der Waals surface area contributed by atoms with E-state index in [-0.39, 0.29) is 11.5 Å². The quantitative estimate of drug-likeness (QED) is 0.606. The van der Waals surface area contributed by atoms with Gasteiger partial charge < -0.3 is 4.74 Å². The van der Waals surface area contributed by atoms with E-state index in [9.17, 15) is 9.59 Å². The van der Waals surface area contributed by atoms with E-state index in [1.54, 1.807) is 0 Å². The number of hydrogen-bond acceptors (Lipinski definition) is 5. The van der Waals surface area contributed by atoms with Crippen LogP contribution in [0.4, 0.5) is 0 Å². The minimum Gasteiger partial charge on any atom is -0.464 e. The van der Waals surface area contributed by atoms with E-state index < -0.39 is 6.04 Å². The summed E-state index contributed by atoms with van der Waals surface area (Å²) in [6, 6.07) is 9.15. The highest BCUT2D eigenvalue weighted by Crippen LogP contribution is 2.35. The van der Waals surface area contributed by atoms with E-state index >= 15 is 0 Å². The van der Waals surface area contributed by atoms with Crippen LogP contribution in [0.25, 0.3) is 21.3 Å². The number of ether oxygens (including phenoxy) is 1. The van der Waals surface area contributed by atoms with Crippen LogP contribution in [-0.2, 0) is 9.53 Å². The van der Waals surface area contributed by atoms with Crippen molar-refractivity contribution in [1.29, 1.82) is 0 Å². The first-order chi connectivity index (χ1) is 12.6. The molecule has 0 fully saturated rings. The molecule has 3 rings (SSSR count). The van der Waals surface area contributed by atoms with Gasteiger partial charge in [0.2, 0.25) is 0 Å². The number of carbonyl (C=O) groups excluding carboxylic acids is 1. The number of aromatic nitrogens is 2. The van der Waals surface area contributed by atoms with Gasteiger partial charge in [-0.3, -0.25) is 9.36 Å². The number of esters is 1. The van der Waals surface area contributed by atoms with Crippen LogP contribution in [-0.4, -0.2) is 22.1 Å². The minimum atomic E-state index is -0.658. The summed E-state index contributed by atoms with van der Waals surface area (Å²) in [6.45, 7) is 6.15. The molecule has 5 nitrogen and oxygen atoms in total. The number of fused-ring (bicyclic) bond motifs is 1. The lowest BCUT2D eigenvalue weighted by atomic mass is 10.0. The second-order valence-corrected chi connectivity index (χ2v) is 7.33. The minimum absolute atomic E-state index is 0.196. The molecular weight excluding hydrogens is 348 g/mol. The second kappa shape index (κ2) is 7.83. The average Bonchev–Trinajstić information content (AvgIpc) is 3.00. The molecule has 1 atom stereocenters. The van der Waals surface area contributed by atoms with Gasteiger partial charge in [-0.05, 0) is 25.3 Å². The largest absolute Gasteiger partial charge is 0.464 e. The zero-order chi connectivity index (χ0) is 18.7. The second-order valence-electron chi connectivity index (χ2n) is 6.13. The van der Waals surface area contributed by atoms with E-state index in [1.807, 2.05) is 51.1 Å². The molecule has 0 bridgehead atoms. The normalized spacial score (nSPS) is 12.3. The Balaban J connectivity index is 2.16. The first-order valence-corrected chi connectivity index (χ1v) is 9.62. The van der Waals surface area contributed by atoms with Gasteiger partial charge in [-0.25, -0.2) is 9.78 Å². The first-order valence-electron chi connectivity index (χ1n) is 8.80. The zero-order valence-corrected chi connectivity index (χ0v) is 16.0. The smallest absolute Gasteiger partial charge is 0.329 e. The summed E-state index contributed by atoms with van der Waals surface area (Å²) >= 11 is 1.50. The van der Waals surface area contributed by atoms with Crippen molar-refractivity contribution in [3.63, 3.8) is 0 Å². The van der Waals surface area contributed by atoms with Crippen molar-refractivity contribution >= 4 is 27.5 Å². The average molecular weight is 370 g/mol. The fourth-order valence-corrected chi connectivity index (χ4v) is 4.07. The van der Waals surface area contributed by atoms with Gasteiger partial charge in [0.05, 0.1) is 18.3 Å². The van der Waals surface area contributed by atoms with Crippen molar-refractivity contribution in [3.05, 3.63) is 51.9 Å². The van der Waals surface area contributed by atoms with Gasteiger partial charge in [0, 0.05) is 10.4 Å². The monoisotopic (exact) mass is 370 g/mol. The molecule has 6 heteroatoms. The number of hydrogen-bond donors (Lipinski definition) is 0. The number of rotatable bonds is 6. The number of aryl methyl sites for hydroxylation is 1. The first kappa shape index (κ1) is 18.3. The van der Waals surface area contributed by atoms with E-state index in [1.165, 1.54) is 22.2 Å². The highest BCUT2D eigenvalue weighted by atomic mass is 32.1. The summed E-state index contributed by atoms with van der Waals surface area (Å²) in [6.07, 6.45) is 2.69. The van der Waals surface area contributed by atoms with Gasteiger partial charge in [0.15, 0.2) is 0 Å². The van der Waals surface area contributed by atoms with Crippen LogP contribution in [0.2, 0.25) is 0 Å². The Hall–Kier alpha value is -2.47. The lowest BCUT2D eigenvalue weighted by Gasteiger charge is -2.16. The van der Waals surface area contributed by atoms with Gasteiger partial charge in [-0.15, -0.1) is 11.3 Å². The highest BCUT2D eigenvalue weighted by Gasteiger charge is 2.24. The number of thiophene rings is 1. The van der Waals surface area contributed by atoms with E-state index in [0.29, 0.717) is 23.2 Å². The summed E-state index contributed by atoms with van der Waals surface area (Å²) in [5.74, 6) is -0.384. The third-order valence-electron chi connectivity index (χ3n) is 4.32. The van der Waals surface area contributed by atoms with Crippen LogP contribution >= 0.6 is 11.3 Å². The molecule has 0 aliphatic rings. The van der Waals surface area contributed by atoms with Gasteiger partial charge in [-0.1, -0.05) is 44.2 Å². The lowest BCUT2D eigenvalue weighted by Crippen LogP contribution is -2.31. The molecule has 0 amide bonds. The lowest BCUT2D eigenvalue weighted by molar-refractivity contribution is -0.147. The number of benzene rings is 1. The Morgan fingerprint density at radius 3 is 2.65 bits per heavy atom. The molecule has 1 aromatic carbocycles. The van der Waals surface area contributed by atoms with Crippen molar-refractivity contribution in [1.82, 2.24) is 9.55 Å². The Kier molecular flexibility index (Phi) is 5.52. The standard InChI is InChI=1S/C20H22N2O3S/c1-4-11-25-20(24)15(5-2)22-12-21-18-17(19(22)23)16(13(3)26-18)14-9-7-6-8-10-14/h6-10,12,15H,4-5,11H2,1-3H3. The summed E-state index contributed by atoms with van der Waals surface area (Å²) in [4.78, 5) is 31.8. The Morgan fingerprint density at radius 1 is 1.27 bits per heavy atom. The third kappa shape index (κ3) is 3.29. The van der Waals surface area contributed by atoms with Crippen molar-refractivity contribution in [2.75, 3.05) is 6.61 Å². The SMILES string of the molecule is CCCOC(=O)C(CC)n1cnc2sc(C)c(-c3ccccc3)c2c1=O. The summed E-state index contributed by atoms with van der Waals surface area (Å²) in [5, 5.41) is 0.572. The van der Waals surface area contributed by atoms with E-state index in [0.717, 1.165) is 22.4 Å². The fourth-order valence-electron chi connectivity index (χ4n) is 3.07. The molecular formula is C20H22N2O3S. The maximum absolute atomic E-state index is 13.2. The van der Waals surface area contributed by atoms with Crippen LogP contribution in [0.15, 0.2) is 41.5 Å². The van der Waals surface area contributed by atoms with Crippen LogP contribution in [0.5, 0.6) is 0 Å². The number of nitrogens with zero attached hydrogens (tertiary/aromatic N) is 2. The van der Waals surface area contributed by atoms with Crippen LogP contribution in [0.3, 0.4) is 0 Å². The van der Waals surface area contributed by atoms with Crippen molar-refractivity contribution in [3.8, 4) is 11.1 Å². The Bertz CT molecular complexity index is 976. The number of carbonyl (C=O) groups is 1. The highest BCUT2D eigenvalue weighted by molar-refractivity contribution is 7.19. The zero-order valence-electron chi connectivity index (χ0n) is 15.2. The van der Waals surface area contributed by atoms with E-state index in [4.69, 9.17) is 4.74 Å². The van der Waals surface area contributed by atoms with E-state index in [2.05, 4.69) is 4.98 Å². The molecule has 0 N–H and O–H groups in total. The molecule has 136 valence electrons. The predicted molar refractivity (Wildman–Crippen MR) is 105 cm³/mol. The molecule has 26 heavy (non-hydrogen) atoms. The Labute approximate surface area is 156 Å². The maximum atomic E-state index is 13.2. The maximum Gasteiger partial charge on any atom is 0.329 e. The molecule has 0 saturated heterocycles. The van der Waals surface area contributed by atoms with Gasteiger partial charge in [0.25, 0.3) is 5.56 Å². The Morgan fingerprint density at radius 2 is 2.00 bits per heavy atom. The molecule has 0 aliphatic carbocycles. The molecule has 3 aromatic rings. The third-order valence-corrected chi connectivity index (χ3v) is 5.33.